The van der Waals surface area contributed by atoms with Gasteiger partial charge in [0.2, 0.25) is 5.95 Å². The lowest BCUT2D eigenvalue weighted by Crippen LogP contribution is -2.20. The van der Waals surface area contributed by atoms with Crippen molar-refractivity contribution in [3.63, 3.8) is 0 Å². The van der Waals surface area contributed by atoms with Gasteiger partial charge < -0.3 is 24.6 Å². The molecular weight excluding hydrogens is 488 g/mol. The van der Waals surface area contributed by atoms with E-state index < -0.39 is 12.6 Å². The van der Waals surface area contributed by atoms with E-state index in [1.807, 2.05) is 45.9 Å². The number of aliphatic carboxylic acids is 1. The van der Waals surface area contributed by atoms with E-state index in [9.17, 15) is 4.79 Å². The average Bonchev–Trinajstić information content (AvgIpc) is 3.57. The first-order chi connectivity index (χ1) is 18.6. The molecule has 2 aromatic heterocycles. The van der Waals surface area contributed by atoms with E-state index in [0.29, 0.717) is 24.1 Å². The molecule has 2 saturated heterocycles. The van der Waals surface area contributed by atoms with Crippen molar-refractivity contribution >= 4 is 28.5 Å². The summed E-state index contributed by atoms with van der Waals surface area (Å²) in [7, 11) is 0. The van der Waals surface area contributed by atoms with Crippen molar-refractivity contribution in [2.75, 3.05) is 25.1 Å². The number of rotatable bonds is 8. The number of fused-ring (bicyclic) bond motifs is 1. The number of carboxylic acids is 1. The first kappa shape index (κ1) is 24.4. The Bertz CT molecular complexity index is 1400. The molecule has 11 nitrogen and oxygen atoms in total. The van der Waals surface area contributed by atoms with E-state index in [2.05, 4.69) is 10.4 Å². The van der Waals surface area contributed by atoms with E-state index in [0.717, 1.165) is 67.3 Å². The Labute approximate surface area is 219 Å². The lowest BCUT2D eigenvalue weighted by Gasteiger charge is -2.23. The van der Waals surface area contributed by atoms with Crippen LogP contribution < -0.4 is 10.1 Å². The van der Waals surface area contributed by atoms with Crippen molar-refractivity contribution in [3.8, 4) is 17.1 Å². The number of anilines is 2. The van der Waals surface area contributed by atoms with Gasteiger partial charge in [-0.2, -0.15) is 10.1 Å². The molecule has 2 aliphatic rings. The van der Waals surface area contributed by atoms with Crippen molar-refractivity contribution < 1.29 is 24.1 Å². The van der Waals surface area contributed by atoms with Crippen LogP contribution in [-0.4, -0.2) is 55.4 Å². The van der Waals surface area contributed by atoms with Crippen LogP contribution in [0.2, 0.25) is 0 Å². The fourth-order valence-corrected chi connectivity index (χ4v) is 4.94. The highest BCUT2D eigenvalue weighted by molar-refractivity contribution is 5.83. The van der Waals surface area contributed by atoms with E-state index in [1.54, 1.807) is 12.1 Å². The number of benzene rings is 2. The molecule has 0 radical (unpaired) electrons. The summed E-state index contributed by atoms with van der Waals surface area (Å²) in [6.07, 6.45) is 7.78. The van der Waals surface area contributed by atoms with Gasteiger partial charge in [-0.15, -0.1) is 5.10 Å². The quantitative estimate of drug-likeness (QED) is 0.335. The number of hydrogen-bond acceptors (Lipinski definition) is 8. The van der Waals surface area contributed by atoms with Gasteiger partial charge in [0.05, 0.1) is 11.7 Å². The highest BCUT2D eigenvalue weighted by atomic mass is 16.5. The second-order valence-corrected chi connectivity index (χ2v) is 9.54. The number of nitrogens with zero attached hydrogens (tertiary/aromatic N) is 5. The molecule has 4 aromatic rings. The number of carboxylic acid groups (broad SMARTS) is 1. The van der Waals surface area contributed by atoms with Crippen LogP contribution in [0.5, 0.6) is 5.75 Å². The van der Waals surface area contributed by atoms with E-state index >= 15 is 0 Å². The Kier molecular flexibility index (Phi) is 6.93. The van der Waals surface area contributed by atoms with Crippen LogP contribution in [0.1, 0.15) is 51.0 Å². The van der Waals surface area contributed by atoms with Crippen LogP contribution >= 0.6 is 0 Å². The molecular formula is C27H30N6O5. The summed E-state index contributed by atoms with van der Waals surface area (Å²) in [4.78, 5) is 15.6. The lowest BCUT2D eigenvalue weighted by atomic mass is 10.1. The molecule has 2 N–H and O–H groups in total. The minimum Gasteiger partial charge on any atom is -0.482 e. The first-order valence-electron chi connectivity index (χ1n) is 13.0. The van der Waals surface area contributed by atoms with E-state index in [4.69, 9.17) is 29.4 Å². The number of ether oxygens (including phenoxy) is 3. The van der Waals surface area contributed by atoms with Gasteiger partial charge in [-0.3, -0.25) is 0 Å². The third-order valence-electron chi connectivity index (χ3n) is 6.81. The van der Waals surface area contributed by atoms with Crippen molar-refractivity contribution in [2.24, 2.45) is 0 Å². The highest BCUT2D eigenvalue weighted by Gasteiger charge is 2.23. The van der Waals surface area contributed by atoms with Gasteiger partial charge in [-0.1, -0.05) is 0 Å². The number of aromatic nitrogens is 5. The Morgan fingerprint density at radius 2 is 1.74 bits per heavy atom. The molecule has 0 spiro atoms. The van der Waals surface area contributed by atoms with Gasteiger partial charge >= 0.3 is 5.97 Å². The zero-order chi connectivity index (χ0) is 25.9. The van der Waals surface area contributed by atoms with Crippen LogP contribution in [0, 0.1) is 0 Å². The van der Waals surface area contributed by atoms with Crippen LogP contribution in [0.4, 0.5) is 11.6 Å². The summed E-state index contributed by atoms with van der Waals surface area (Å²) in [6, 6.07) is 13.2. The summed E-state index contributed by atoms with van der Waals surface area (Å²) in [5, 5.41) is 22.6. The molecule has 0 bridgehead atoms. The van der Waals surface area contributed by atoms with Gasteiger partial charge in [0.1, 0.15) is 5.75 Å². The molecule has 2 aromatic carbocycles. The monoisotopic (exact) mass is 518 g/mol. The molecule has 0 aliphatic carbocycles. The first-order valence-corrected chi connectivity index (χ1v) is 13.0. The normalized spacial score (nSPS) is 19.9. The lowest BCUT2D eigenvalue weighted by molar-refractivity contribution is -0.139. The molecule has 2 fully saturated rings. The van der Waals surface area contributed by atoms with Gasteiger partial charge in [0, 0.05) is 29.9 Å². The zero-order valence-electron chi connectivity index (χ0n) is 21.0. The second kappa shape index (κ2) is 10.8. The molecule has 11 heteroatoms. The maximum atomic E-state index is 10.8. The van der Waals surface area contributed by atoms with Gasteiger partial charge in [-0.25, -0.2) is 14.2 Å². The Morgan fingerprint density at radius 3 is 2.42 bits per heavy atom. The smallest absolute Gasteiger partial charge is 0.341 e. The van der Waals surface area contributed by atoms with Crippen LogP contribution in [0.3, 0.4) is 0 Å². The molecule has 2 unspecified atom stereocenters. The molecule has 0 amide bonds. The molecule has 2 atom stereocenters. The fourth-order valence-electron chi connectivity index (χ4n) is 4.94. The molecule has 0 saturated carbocycles. The van der Waals surface area contributed by atoms with Crippen molar-refractivity contribution in [3.05, 3.63) is 48.7 Å². The number of hydrogen-bond donors (Lipinski definition) is 2. The minimum atomic E-state index is -1.02. The van der Waals surface area contributed by atoms with Crippen LogP contribution in [-0.2, 0) is 14.3 Å². The molecule has 2 aliphatic heterocycles. The number of nitrogens with one attached hydrogen (secondary N) is 1. The molecule has 38 heavy (non-hydrogen) atoms. The summed E-state index contributed by atoms with van der Waals surface area (Å²) >= 11 is 0. The third kappa shape index (κ3) is 5.20. The van der Waals surface area contributed by atoms with E-state index in [-0.39, 0.29) is 12.5 Å². The van der Waals surface area contributed by atoms with Gasteiger partial charge in [0.25, 0.3) is 0 Å². The third-order valence-corrected chi connectivity index (χ3v) is 6.81. The van der Waals surface area contributed by atoms with Crippen LogP contribution in [0.15, 0.2) is 48.7 Å². The Morgan fingerprint density at radius 1 is 1.00 bits per heavy atom. The number of carbonyl (C=O) groups is 1. The Balaban J connectivity index is 1.26. The molecule has 4 heterocycles. The summed E-state index contributed by atoms with van der Waals surface area (Å²) in [5.74, 6) is 0.573. The zero-order valence-corrected chi connectivity index (χ0v) is 21.0. The Hall–Kier alpha value is -3.96. The maximum absolute atomic E-state index is 10.8. The van der Waals surface area contributed by atoms with Crippen molar-refractivity contribution in [1.29, 1.82) is 0 Å². The highest BCUT2D eigenvalue weighted by Crippen LogP contribution is 2.31. The standard InChI is InChI=1S/C27H30N6O5/c34-25(35)17-38-21-10-7-18(8-11-21)26-30-27(31-33(26)24-6-2-4-14-37-24)29-20-9-12-22-19(15-20)16-28-32(22)23-5-1-3-13-36-23/h7-12,15-16,23-24H,1-6,13-14,17H2,(H,29,31)(H,34,35). The van der Waals surface area contributed by atoms with E-state index in [1.165, 1.54) is 0 Å². The van der Waals surface area contributed by atoms with Crippen LogP contribution in [0.25, 0.3) is 22.3 Å². The van der Waals surface area contributed by atoms with Gasteiger partial charge in [0.15, 0.2) is 24.9 Å². The second-order valence-electron chi connectivity index (χ2n) is 9.54. The van der Waals surface area contributed by atoms with Crippen molar-refractivity contribution in [2.45, 2.75) is 51.0 Å². The predicted octanol–water partition coefficient (Wildman–Crippen LogP) is 4.90. The van der Waals surface area contributed by atoms with Crippen molar-refractivity contribution in [1.82, 2.24) is 24.5 Å². The summed E-state index contributed by atoms with van der Waals surface area (Å²) in [5.41, 5.74) is 2.71. The summed E-state index contributed by atoms with van der Waals surface area (Å²) < 4.78 is 21.0. The molecule has 198 valence electrons. The maximum Gasteiger partial charge on any atom is 0.341 e. The minimum absolute atomic E-state index is 0.0172. The SMILES string of the molecule is O=C(O)COc1ccc(-c2nc(Nc3ccc4c(cnn4C4CCCCO4)c3)nn2C2CCCCO2)cc1. The topological polar surface area (TPSA) is 126 Å². The summed E-state index contributed by atoms with van der Waals surface area (Å²) in [6.45, 7) is 1.06. The average molecular weight is 519 g/mol. The molecule has 6 rings (SSSR count). The largest absolute Gasteiger partial charge is 0.482 e. The fraction of sp³-hybridized carbons (Fsp3) is 0.407. The van der Waals surface area contributed by atoms with Gasteiger partial charge in [-0.05, 0) is 81.0 Å². The predicted molar refractivity (Wildman–Crippen MR) is 139 cm³/mol.